The van der Waals surface area contributed by atoms with Gasteiger partial charge in [-0.05, 0) is 109 Å². The van der Waals surface area contributed by atoms with Gasteiger partial charge in [0.1, 0.15) is 36.8 Å². The lowest BCUT2D eigenvalue weighted by molar-refractivity contribution is -0.345. The van der Waals surface area contributed by atoms with Crippen LogP contribution in [0.3, 0.4) is 0 Å². The van der Waals surface area contributed by atoms with Crippen molar-refractivity contribution in [1.29, 1.82) is 0 Å². The highest BCUT2D eigenvalue weighted by atomic mass is 28.4. The molecule has 0 radical (unpaired) electrons. The zero-order valence-corrected chi connectivity index (χ0v) is 47.9. The normalized spacial score (nSPS) is 39.7. The minimum absolute atomic E-state index is 0.0111. The van der Waals surface area contributed by atoms with E-state index in [9.17, 15) is 15.0 Å². The fraction of sp³-hybridized carbons (Fsp3) is 0.904. The lowest BCUT2D eigenvalue weighted by Crippen LogP contribution is -2.65. The highest BCUT2D eigenvalue weighted by Gasteiger charge is 2.54. The third-order valence-electron chi connectivity index (χ3n) is 15.6. The molecular weight excluding hydrogens is 903 g/mol. The van der Waals surface area contributed by atoms with E-state index in [1.807, 2.05) is 58.0 Å². The highest BCUT2D eigenvalue weighted by Crippen LogP contribution is 2.44. The van der Waals surface area contributed by atoms with Crippen molar-refractivity contribution in [3.8, 4) is 0 Å². The number of nitrogens with zero attached hydrogens (tertiary/aromatic N) is 1. The second kappa shape index (κ2) is 24.3. The molecule has 14 nitrogen and oxygen atoms in total. The van der Waals surface area contributed by atoms with Crippen LogP contribution in [0.1, 0.15) is 129 Å². The van der Waals surface area contributed by atoms with E-state index in [0.29, 0.717) is 31.8 Å². The van der Waals surface area contributed by atoms with Gasteiger partial charge in [-0.3, -0.25) is 4.79 Å². The van der Waals surface area contributed by atoms with Gasteiger partial charge in [-0.15, -0.1) is 0 Å². The Morgan fingerprint density at radius 2 is 1.49 bits per heavy atom. The average molecular weight is 1000 g/mol. The van der Waals surface area contributed by atoms with E-state index >= 15 is 0 Å². The Morgan fingerprint density at radius 3 is 2.06 bits per heavy atom. The van der Waals surface area contributed by atoms with Crippen LogP contribution in [0.15, 0.2) is 24.3 Å². The quantitative estimate of drug-likeness (QED) is 0.126. The summed E-state index contributed by atoms with van der Waals surface area (Å²) in [6, 6.07) is -0.610. The number of methoxy groups -OCH3 is 1. The average Bonchev–Trinajstić information content (AvgIpc) is 3.29. The van der Waals surface area contributed by atoms with Crippen molar-refractivity contribution < 1.29 is 61.8 Å². The molecule has 0 aromatic heterocycles. The maximum atomic E-state index is 13.9. The molecule has 0 aliphatic carbocycles. The fourth-order valence-electron chi connectivity index (χ4n) is 9.50. The van der Waals surface area contributed by atoms with Crippen molar-refractivity contribution in [1.82, 2.24) is 4.90 Å². The molecular formula is C52H97NO13Si2. The molecule has 4 heterocycles. The van der Waals surface area contributed by atoms with Crippen LogP contribution in [0.25, 0.3) is 0 Å². The van der Waals surface area contributed by atoms with Crippen LogP contribution in [0, 0.1) is 17.8 Å². The van der Waals surface area contributed by atoms with Crippen LogP contribution in [0.5, 0.6) is 0 Å². The highest BCUT2D eigenvalue weighted by molar-refractivity contribution is 6.74. The fourth-order valence-corrected chi connectivity index (χ4v) is 12.0. The van der Waals surface area contributed by atoms with Gasteiger partial charge in [0.05, 0.1) is 48.6 Å². The molecule has 4 aliphatic heterocycles. The predicted molar refractivity (Wildman–Crippen MR) is 271 cm³/mol. The van der Waals surface area contributed by atoms with E-state index < -0.39 is 102 Å². The zero-order valence-electron chi connectivity index (χ0n) is 45.9. The Balaban J connectivity index is 1.77. The molecule has 4 aliphatic rings. The monoisotopic (exact) mass is 1000 g/mol. The molecule has 396 valence electrons. The molecule has 0 aromatic carbocycles. The number of esters is 1. The third-order valence-corrected chi connectivity index (χ3v) is 24.6. The number of allylic oxidation sites excluding steroid dienone is 2. The summed E-state index contributed by atoms with van der Waals surface area (Å²) in [5, 5.41) is 24.0. The summed E-state index contributed by atoms with van der Waals surface area (Å²) in [4.78, 5) is 15.8. The van der Waals surface area contributed by atoms with E-state index in [2.05, 4.69) is 94.6 Å². The first kappa shape index (κ1) is 59.5. The van der Waals surface area contributed by atoms with Crippen LogP contribution in [-0.2, 0) is 51.5 Å². The summed E-state index contributed by atoms with van der Waals surface area (Å²) in [6.07, 6.45) is 1.74. The van der Waals surface area contributed by atoms with Crippen molar-refractivity contribution in [2.45, 2.75) is 256 Å². The number of hydrogen-bond donors (Lipinski definition) is 2. The van der Waals surface area contributed by atoms with Crippen LogP contribution in [0.2, 0.25) is 36.3 Å². The lowest BCUT2D eigenvalue weighted by atomic mass is 9.83. The molecule has 3 fully saturated rings. The molecule has 0 aromatic rings. The smallest absolute Gasteiger partial charge is 0.308 e. The molecule has 1 unspecified atom stereocenters. The number of carbonyl (C=O) groups excluding carboxylic acids is 1. The van der Waals surface area contributed by atoms with Gasteiger partial charge >= 0.3 is 5.97 Å². The van der Waals surface area contributed by atoms with Crippen LogP contribution < -0.4 is 0 Å². The number of likely N-dealkylation sites (N-methyl/N-ethyl adjacent to an activating group) is 1. The number of aliphatic hydroxyl groups is 2. The van der Waals surface area contributed by atoms with Gasteiger partial charge in [-0.1, -0.05) is 86.6 Å². The number of cyclic esters (lactones) is 1. The standard InChI is InChI=1S/C52H97NO13Si2/c1-32(2)26-27-58-48-36(6)60-42(31-52(48,13)56)63-45-35(5)61-49(44(55)43(45)53(14)15)64-46-37-28-33(3)38(65-67(17,18)50(7,8)9)25-23-21-22-24-34(4)59-40(54)30-39(47(46)57-16)62-41(29-37)66-68(19,20)51(10,11)12/h21-23,25,32-39,41-49,55-56H,24,26-31H2,1-20H3/b22-21+,25-23+/t33-,34-,35+,36-,37-,38+,39-,41?,42-,43+,44+,45+,46+,47+,48-,49-,52+/m1/s1. The Bertz CT molecular complexity index is 1630. The number of rotatable bonds is 14. The SMILES string of the molecule is CO[C@@H]1[C@@H](O[C@H]2O[C@@H](C)[C@H](O[C@@H]3C[C@](C)(O)[C@H](OCCC(C)C)[C@@H](C)O3)[C@@H](N(C)C)[C@@H]2O)[C@H]2CC(O[Si](C)(C)C(C)(C)C)O[C@@H]1CC(=O)O[C@H](C)C/C=C/C=C/[C@H](O[Si](C)(C)C(C)(C)C)[C@H](C)C2. The Morgan fingerprint density at radius 1 is 0.853 bits per heavy atom. The van der Waals surface area contributed by atoms with Gasteiger partial charge in [-0.25, -0.2) is 0 Å². The van der Waals surface area contributed by atoms with Gasteiger partial charge in [0, 0.05) is 33.0 Å². The maximum Gasteiger partial charge on any atom is 0.308 e. The second-order valence-corrected chi connectivity index (χ2v) is 34.0. The molecule has 2 N–H and O–H groups in total. The molecule has 68 heavy (non-hydrogen) atoms. The minimum Gasteiger partial charge on any atom is -0.462 e. The number of ether oxygens (including phenoxy) is 8. The predicted octanol–water partition coefficient (Wildman–Crippen LogP) is 9.13. The van der Waals surface area contributed by atoms with Gasteiger partial charge in [0.15, 0.2) is 29.2 Å². The van der Waals surface area contributed by atoms with Crippen LogP contribution in [0.4, 0.5) is 0 Å². The summed E-state index contributed by atoms with van der Waals surface area (Å²) in [5.74, 6) is -0.234. The van der Waals surface area contributed by atoms with E-state index in [1.165, 1.54) is 0 Å². The van der Waals surface area contributed by atoms with Crippen molar-refractivity contribution in [3.63, 3.8) is 0 Å². The van der Waals surface area contributed by atoms with Gasteiger partial charge in [-0.2, -0.15) is 0 Å². The molecule has 3 saturated heterocycles. The van der Waals surface area contributed by atoms with Gasteiger partial charge in [0.2, 0.25) is 0 Å². The van der Waals surface area contributed by atoms with Crippen LogP contribution in [-0.4, -0.2) is 157 Å². The number of carbonyl (C=O) groups is 1. The van der Waals surface area contributed by atoms with Crippen molar-refractivity contribution in [2.75, 3.05) is 27.8 Å². The van der Waals surface area contributed by atoms with E-state index in [1.54, 1.807) is 14.0 Å². The lowest BCUT2D eigenvalue weighted by Gasteiger charge is -2.50. The number of hydrogen-bond acceptors (Lipinski definition) is 14. The molecule has 17 atom stereocenters. The zero-order chi connectivity index (χ0) is 51.3. The van der Waals surface area contributed by atoms with E-state index in [-0.39, 0.29) is 47.0 Å². The van der Waals surface area contributed by atoms with Crippen molar-refractivity contribution in [3.05, 3.63) is 24.3 Å². The Kier molecular flexibility index (Phi) is 21.2. The molecule has 4 rings (SSSR count). The molecule has 2 bridgehead atoms. The van der Waals surface area contributed by atoms with Gasteiger partial charge in [0.25, 0.3) is 0 Å². The minimum atomic E-state index is -2.44. The molecule has 0 amide bonds. The van der Waals surface area contributed by atoms with Crippen molar-refractivity contribution >= 4 is 22.6 Å². The Labute approximate surface area is 414 Å². The van der Waals surface area contributed by atoms with E-state index in [0.717, 1.165) is 6.42 Å². The summed E-state index contributed by atoms with van der Waals surface area (Å²) in [7, 11) is 0.707. The largest absolute Gasteiger partial charge is 0.462 e. The van der Waals surface area contributed by atoms with Gasteiger partial charge < -0.3 is 61.9 Å². The summed E-state index contributed by atoms with van der Waals surface area (Å²) >= 11 is 0. The van der Waals surface area contributed by atoms with Crippen LogP contribution >= 0.6 is 0 Å². The molecule has 0 saturated carbocycles. The number of fused-ring (bicyclic) bond motifs is 3. The van der Waals surface area contributed by atoms with E-state index in [4.69, 9.17) is 46.7 Å². The van der Waals surface area contributed by atoms with Crippen molar-refractivity contribution in [2.24, 2.45) is 17.8 Å². The second-order valence-electron chi connectivity index (χ2n) is 24.4. The summed E-state index contributed by atoms with van der Waals surface area (Å²) in [6.45, 7) is 36.8. The first-order chi connectivity index (χ1) is 31.3. The number of aliphatic hydroxyl groups excluding tert-OH is 1. The summed E-state index contributed by atoms with van der Waals surface area (Å²) in [5.41, 5.74) is -1.22. The molecule has 16 heteroatoms. The maximum absolute atomic E-state index is 13.9. The topological polar surface area (TPSA) is 153 Å². The Hall–Kier alpha value is -1.10. The first-order valence-electron chi connectivity index (χ1n) is 25.7. The third kappa shape index (κ3) is 15.7. The summed E-state index contributed by atoms with van der Waals surface area (Å²) < 4.78 is 66.9. The molecule has 0 spiro atoms. The first-order valence-corrected chi connectivity index (χ1v) is 31.5.